The van der Waals surface area contributed by atoms with Gasteiger partial charge in [-0.15, -0.1) is 0 Å². The van der Waals surface area contributed by atoms with E-state index in [1.54, 1.807) is 13.0 Å². The predicted molar refractivity (Wildman–Crippen MR) is 124 cm³/mol. The first-order valence-corrected chi connectivity index (χ1v) is 12.6. The van der Waals surface area contributed by atoms with Crippen molar-refractivity contribution in [1.82, 2.24) is 25.3 Å². The zero-order valence-electron chi connectivity index (χ0n) is 20.5. The Morgan fingerprint density at radius 3 is 2.64 bits per heavy atom. The molecule has 11 heteroatoms. The number of alkyl halides is 4. The van der Waals surface area contributed by atoms with Gasteiger partial charge in [-0.25, -0.2) is 4.39 Å². The number of aryl methyl sites for hydroxylation is 2. The van der Waals surface area contributed by atoms with E-state index in [0.717, 1.165) is 24.2 Å². The van der Waals surface area contributed by atoms with Crippen LogP contribution in [-0.4, -0.2) is 63.5 Å². The van der Waals surface area contributed by atoms with E-state index in [2.05, 4.69) is 25.3 Å². The van der Waals surface area contributed by atoms with Crippen molar-refractivity contribution in [2.24, 2.45) is 0 Å². The van der Waals surface area contributed by atoms with Crippen molar-refractivity contribution in [2.45, 2.75) is 89.0 Å². The second-order valence-corrected chi connectivity index (χ2v) is 10.0. The lowest BCUT2D eigenvalue weighted by atomic mass is 9.81. The van der Waals surface area contributed by atoms with Crippen LogP contribution in [0.2, 0.25) is 0 Å². The maximum absolute atomic E-state index is 15.5. The predicted octanol–water partition coefficient (Wildman–Crippen LogP) is 4.07. The number of nitrogens with zero attached hydrogens (tertiary/aromatic N) is 4. The summed E-state index contributed by atoms with van der Waals surface area (Å²) in [5, 5.41) is 6.68. The Hall–Kier alpha value is -2.56. The smallest absolute Gasteiger partial charge is 0.353 e. The Morgan fingerprint density at radius 2 is 1.94 bits per heavy atom. The molecular formula is C25H33F4N5O2. The third-order valence-corrected chi connectivity index (χ3v) is 7.16. The van der Waals surface area contributed by atoms with Gasteiger partial charge in [0.25, 0.3) is 0 Å². The number of fused-ring (bicyclic) bond motifs is 1. The van der Waals surface area contributed by atoms with E-state index in [9.17, 15) is 18.0 Å². The van der Waals surface area contributed by atoms with Gasteiger partial charge in [-0.3, -0.25) is 9.78 Å². The van der Waals surface area contributed by atoms with Crippen molar-refractivity contribution in [3.05, 3.63) is 40.8 Å². The second kappa shape index (κ2) is 11.2. The third-order valence-electron chi connectivity index (χ3n) is 7.16. The molecule has 2 aromatic rings. The van der Waals surface area contributed by atoms with E-state index < -0.39 is 18.3 Å². The van der Waals surface area contributed by atoms with E-state index in [-0.39, 0.29) is 24.8 Å². The van der Waals surface area contributed by atoms with Gasteiger partial charge in [0.15, 0.2) is 5.82 Å². The lowest BCUT2D eigenvalue weighted by molar-refractivity contribution is -0.134. The lowest BCUT2D eigenvalue weighted by Crippen LogP contribution is -2.43. The van der Waals surface area contributed by atoms with E-state index in [4.69, 9.17) is 4.52 Å². The van der Waals surface area contributed by atoms with Gasteiger partial charge < -0.3 is 14.7 Å². The molecule has 0 unspecified atom stereocenters. The fourth-order valence-corrected chi connectivity index (χ4v) is 5.03. The maximum atomic E-state index is 15.5. The number of carbonyl (C=O) groups excluding carboxylic acids is 1. The molecular weight excluding hydrogens is 478 g/mol. The fraction of sp³-hybridized carbons (Fsp3) is 0.680. The second-order valence-electron chi connectivity index (χ2n) is 10.0. The number of halogens is 4. The summed E-state index contributed by atoms with van der Waals surface area (Å²) in [5.41, 5.74) is 1.14. The van der Waals surface area contributed by atoms with Gasteiger partial charge in [-0.05, 0) is 56.6 Å². The molecule has 2 aromatic heterocycles. The van der Waals surface area contributed by atoms with Crippen LogP contribution in [0.1, 0.15) is 67.2 Å². The maximum Gasteiger partial charge on any atom is 0.389 e. The number of hydrogen-bond acceptors (Lipinski definition) is 6. The van der Waals surface area contributed by atoms with Gasteiger partial charge in [-0.2, -0.15) is 18.2 Å². The monoisotopic (exact) mass is 511 g/mol. The fourth-order valence-electron chi connectivity index (χ4n) is 5.03. The highest BCUT2D eigenvalue weighted by Crippen LogP contribution is 2.35. The summed E-state index contributed by atoms with van der Waals surface area (Å²) in [7, 11) is 0. The average Bonchev–Trinajstić information content (AvgIpc) is 3.11. The van der Waals surface area contributed by atoms with Gasteiger partial charge in [0.1, 0.15) is 5.67 Å². The molecule has 0 radical (unpaired) electrons. The summed E-state index contributed by atoms with van der Waals surface area (Å²) >= 11 is 0. The number of amides is 1. The first-order chi connectivity index (χ1) is 17.1. The minimum absolute atomic E-state index is 0.0463. The van der Waals surface area contributed by atoms with Crippen LogP contribution in [-0.2, 0) is 30.5 Å². The molecule has 0 atom stereocenters. The molecule has 7 nitrogen and oxygen atoms in total. The standard InChI is InChI=1S/C25H33F4N5O2/c1-17-30-22(33-36-17)16-23(35)32-20-4-9-24(26,10-5-20)12-15-34-13-7-18-2-3-19(6-11-25(27,28)29)31-21(18)8-14-34/h2-3,20H,4-16H2,1H3,(H,32,35)/t20-,24+. The first-order valence-electron chi connectivity index (χ1n) is 12.6. The van der Waals surface area contributed by atoms with Gasteiger partial charge >= 0.3 is 6.18 Å². The molecule has 36 heavy (non-hydrogen) atoms. The first kappa shape index (κ1) is 26.5. The molecule has 1 saturated carbocycles. The van der Waals surface area contributed by atoms with Gasteiger partial charge in [0.2, 0.25) is 11.8 Å². The molecule has 1 amide bonds. The van der Waals surface area contributed by atoms with Crippen LogP contribution in [0.3, 0.4) is 0 Å². The summed E-state index contributed by atoms with van der Waals surface area (Å²) in [6.45, 7) is 3.78. The Labute approximate surface area is 208 Å². The van der Waals surface area contributed by atoms with Crippen LogP contribution in [0, 0.1) is 6.92 Å². The van der Waals surface area contributed by atoms with Gasteiger partial charge in [-0.1, -0.05) is 11.2 Å². The topological polar surface area (TPSA) is 84.2 Å². The molecule has 3 heterocycles. The van der Waals surface area contributed by atoms with Crippen molar-refractivity contribution >= 4 is 5.91 Å². The van der Waals surface area contributed by atoms with Crippen LogP contribution in [0.4, 0.5) is 17.6 Å². The Balaban J connectivity index is 1.19. The molecule has 198 valence electrons. The molecule has 0 spiro atoms. The number of rotatable bonds is 8. The number of aromatic nitrogens is 3. The summed E-state index contributed by atoms with van der Waals surface area (Å²) in [6.07, 6.45) is -1.30. The summed E-state index contributed by atoms with van der Waals surface area (Å²) in [5.74, 6) is 0.562. The van der Waals surface area contributed by atoms with Crippen molar-refractivity contribution < 1.29 is 26.9 Å². The molecule has 0 aromatic carbocycles. The number of nitrogens with one attached hydrogen (secondary N) is 1. The van der Waals surface area contributed by atoms with E-state index in [0.29, 0.717) is 69.0 Å². The summed E-state index contributed by atoms with van der Waals surface area (Å²) < 4.78 is 58.0. The molecule has 1 aliphatic heterocycles. The van der Waals surface area contributed by atoms with Crippen LogP contribution in [0.5, 0.6) is 0 Å². The molecule has 0 bridgehead atoms. The van der Waals surface area contributed by atoms with Crippen molar-refractivity contribution in [1.29, 1.82) is 0 Å². The Morgan fingerprint density at radius 1 is 1.19 bits per heavy atom. The highest BCUT2D eigenvalue weighted by Gasteiger charge is 2.36. The molecule has 1 fully saturated rings. The number of pyridine rings is 1. The molecule has 4 rings (SSSR count). The highest BCUT2D eigenvalue weighted by molar-refractivity contribution is 5.78. The molecule has 1 aliphatic carbocycles. The quantitative estimate of drug-likeness (QED) is 0.538. The minimum atomic E-state index is -4.19. The minimum Gasteiger partial charge on any atom is -0.353 e. The van der Waals surface area contributed by atoms with Gasteiger partial charge in [0, 0.05) is 56.8 Å². The zero-order chi connectivity index (χ0) is 25.8. The van der Waals surface area contributed by atoms with E-state index in [1.165, 1.54) is 0 Å². The van der Waals surface area contributed by atoms with Crippen LogP contribution < -0.4 is 5.32 Å². The summed E-state index contributed by atoms with van der Waals surface area (Å²) in [6, 6.07) is 3.53. The van der Waals surface area contributed by atoms with Crippen molar-refractivity contribution in [3.63, 3.8) is 0 Å². The largest absolute Gasteiger partial charge is 0.389 e. The normalized spacial score (nSPS) is 23.2. The van der Waals surface area contributed by atoms with Crippen molar-refractivity contribution in [2.75, 3.05) is 19.6 Å². The van der Waals surface area contributed by atoms with E-state index >= 15 is 4.39 Å². The summed E-state index contributed by atoms with van der Waals surface area (Å²) in [4.78, 5) is 23.0. The SMILES string of the molecule is Cc1nc(CC(=O)N[C@H]2CC[C@](F)(CCN3CCc4ccc(CCC(F)(F)F)nc4CC3)CC2)no1. The highest BCUT2D eigenvalue weighted by atomic mass is 19.4. The molecule has 1 N–H and O–H groups in total. The zero-order valence-corrected chi connectivity index (χ0v) is 20.5. The lowest BCUT2D eigenvalue weighted by Gasteiger charge is -2.35. The van der Waals surface area contributed by atoms with E-state index in [1.807, 2.05) is 6.07 Å². The number of carbonyl (C=O) groups is 1. The third kappa shape index (κ3) is 7.72. The molecule has 2 aliphatic rings. The van der Waals surface area contributed by atoms with Crippen molar-refractivity contribution in [3.8, 4) is 0 Å². The Kier molecular flexibility index (Phi) is 8.27. The molecule has 0 saturated heterocycles. The average molecular weight is 512 g/mol. The number of hydrogen-bond donors (Lipinski definition) is 1. The van der Waals surface area contributed by atoms with Crippen LogP contribution in [0.15, 0.2) is 16.7 Å². The van der Waals surface area contributed by atoms with Gasteiger partial charge in [0.05, 0.1) is 6.42 Å². The Bertz CT molecular complexity index is 1030. The van der Waals surface area contributed by atoms with Crippen LogP contribution in [0.25, 0.3) is 0 Å². The van der Waals surface area contributed by atoms with Crippen LogP contribution >= 0.6 is 0 Å².